The lowest BCUT2D eigenvalue weighted by molar-refractivity contribution is 0.0947. The number of aromatic nitrogens is 2. The van der Waals surface area contributed by atoms with Gasteiger partial charge in [0.05, 0.1) is 0 Å². The van der Waals surface area contributed by atoms with Crippen LogP contribution in [0.25, 0.3) is 0 Å². The van der Waals surface area contributed by atoms with Crippen LogP contribution in [0, 0.1) is 6.92 Å². The predicted octanol–water partition coefficient (Wildman–Crippen LogP) is 1.46. The molecule has 1 aromatic heterocycles. The van der Waals surface area contributed by atoms with Crippen molar-refractivity contribution >= 4 is 11.9 Å². The van der Waals surface area contributed by atoms with Gasteiger partial charge in [0.1, 0.15) is 5.69 Å². The number of rotatable bonds is 6. The number of nitrogens with one attached hydrogen (secondary N) is 1. The first kappa shape index (κ1) is 16.7. The van der Waals surface area contributed by atoms with E-state index in [-0.39, 0.29) is 5.91 Å². The number of piperidine rings is 1. The molecule has 6 nitrogen and oxygen atoms in total. The van der Waals surface area contributed by atoms with E-state index in [0.29, 0.717) is 18.2 Å². The van der Waals surface area contributed by atoms with Gasteiger partial charge in [0.15, 0.2) is 0 Å². The van der Waals surface area contributed by atoms with Gasteiger partial charge in [-0.2, -0.15) is 0 Å². The minimum absolute atomic E-state index is 0.109. The topological polar surface area (TPSA) is 61.4 Å². The summed E-state index contributed by atoms with van der Waals surface area (Å²) < 4.78 is 0. The number of carbonyl (C=O) groups is 1. The standard InChI is InChI=1S/C16H27N5O/c1-13-12-14(15(22)17-8-7-9-20(2)3)19-16(18-13)21-10-5-4-6-11-21/h12H,4-11H2,1-3H3,(H,17,22). The summed E-state index contributed by atoms with van der Waals surface area (Å²) in [5.41, 5.74) is 1.31. The average Bonchev–Trinajstić information content (AvgIpc) is 2.51. The highest BCUT2D eigenvalue weighted by molar-refractivity contribution is 5.92. The SMILES string of the molecule is Cc1cc(C(=O)NCCCN(C)C)nc(N2CCCCC2)n1. The van der Waals surface area contributed by atoms with Gasteiger partial charge >= 0.3 is 0 Å². The van der Waals surface area contributed by atoms with Crippen molar-refractivity contribution in [1.82, 2.24) is 20.2 Å². The van der Waals surface area contributed by atoms with Gasteiger partial charge in [-0.3, -0.25) is 4.79 Å². The first-order valence-corrected chi connectivity index (χ1v) is 8.10. The Bertz CT molecular complexity index is 497. The van der Waals surface area contributed by atoms with Crippen molar-refractivity contribution in [1.29, 1.82) is 0 Å². The summed E-state index contributed by atoms with van der Waals surface area (Å²) in [6.07, 6.45) is 4.54. The molecule has 122 valence electrons. The van der Waals surface area contributed by atoms with Crippen LogP contribution in [0.2, 0.25) is 0 Å². The fourth-order valence-corrected chi connectivity index (χ4v) is 2.59. The molecule has 1 aromatic rings. The quantitative estimate of drug-likeness (QED) is 0.806. The molecule has 2 rings (SSSR count). The third-order valence-corrected chi connectivity index (χ3v) is 3.78. The highest BCUT2D eigenvalue weighted by Crippen LogP contribution is 2.16. The zero-order valence-corrected chi connectivity index (χ0v) is 13.9. The van der Waals surface area contributed by atoms with Crippen molar-refractivity contribution in [2.45, 2.75) is 32.6 Å². The molecule has 1 fully saturated rings. The molecular formula is C16H27N5O. The van der Waals surface area contributed by atoms with Gasteiger partial charge in [-0.1, -0.05) is 0 Å². The zero-order valence-electron chi connectivity index (χ0n) is 13.9. The first-order chi connectivity index (χ1) is 10.6. The molecule has 0 saturated carbocycles. The van der Waals surface area contributed by atoms with E-state index in [4.69, 9.17) is 0 Å². The van der Waals surface area contributed by atoms with Gasteiger partial charge in [0.25, 0.3) is 5.91 Å². The number of carbonyl (C=O) groups excluding carboxylic acids is 1. The average molecular weight is 305 g/mol. The fraction of sp³-hybridized carbons (Fsp3) is 0.688. The van der Waals surface area contributed by atoms with Crippen LogP contribution in [-0.4, -0.2) is 61.0 Å². The van der Waals surface area contributed by atoms with Gasteiger partial charge in [-0.15, -0.1) is 0 Å². The Kier molecular flexibility index (Phi) is 6.12. The molecule has 0 atom stereocenters. The Labute approximate surface area is 132 Å². The van der Waals surface area contributed by atoms with Crippen molar-refractivity contribution in [3.63, 3.8) is 0 Å². The second-order valence-corrected chi connectivity index (χ2v) is 6.16. The van der Waals surface area contributed by atoms with E-state index in [1.54, 1.807) is 6.07 Å². The Hall–Kier alpha value is -1.69. The Morgan fingerprint density at radius 2 is 2.00 bits per heavy atom. The van der Waals surface area contributed by atoms with Crippen LogP contribution < -0.4 is 10.2 Å². The number of nitrogens with zero attached hydrogens (tertiary/aromatic N) is 4. The monoisotopic (exact) mass is 305 g/mol. The molecule has 1 aliphatic rings. The molecule has 1 N–H and O–H groups in total. The van der Waals surface area contributed by atoms with Crippen LogP contribution in [-0.2, 0) is 0 Å². The highest BCUT2D eigenvalue weighted by atomic mass is 16.1. The van der Waals surface area contributed by atoms with E-state index >= 15 is 0 Å². The third kappa shape index (κ3) is 4.94. The summed E-state index contributed by atoms with van der Waals surface area (Å²) in [7, 11) is 4.06. The number of hydrogen-bond acceptors (Lipinski definition) is 5. The maximum atomic E-state index is 12.2. The maximum absolute atomic E-state index is 12.2. The van der Waals surface area contributed by atoms with Gasteiger partial charge < -0.3 is 15.1 Å². The molecule has 0 aliphatic carbocycles. The molecule has 1 saturated heterocycles. The first-order valence-electron chi connectivity index (χ1n) is 8.10. The normalized spacial score (nSPS) is 15.2. The maximum Gasteiger partial charge on any atom is 0.270 e. The minimum Gasteiger partial charge on any atom is -0.351 e. The largest absolute Gasteiger partial charge is 0.351 e. The van der Waals surface area contributed by atoms with E-state index in [1.165, 1.54) is 19.3 Å². The van der Waals surface area contributed by atoms with Gasteiger partial charge in [-0.05, 0) is 59.3 Å². The molecule has 0 spiro atoms. The van der Waals surface area contributed by atoms with Crippen LogP contribution in [0.1, 0.15) is 41.9 Å². The highest BCUT2D eigenvalue weighted by Gasteiger charge is 2.16. The van der Waals surface area contributed by atoms with E-state index in [2.05, 4.69) is 25.1 Å². The van der Waals surface area contributed by atoms with Crippen molar-refractivity contribution < 1.29 is 4.79 Å². The molecule has 0 radical (unpaired) electrons. The van der Waals surface area contributed by atoms with Gasteiger partial charge in [0.2, 0.25) is 5.95 Å². The van der Waals surface area contributed by atoms with Crippen LogP contribution >= 0.6 is 0 Å². The number of amides is 1. The van der Waals surface area contributed by atoms with Crippen LogP contribution in [0.4, 0.5) is 5.95 Å². The van der Waals surface area contributed by atoms with Crippen molar-refractivity contribution in [2.24, 2.45) is 0 Å². The molecule has 0 bridgehead atoms. The van der Waals surface area contributed by atoms with E-state index < -0.39 is 0 Å². The van der Waals surface area contributed by atoms with Crippen molar-refractivity contribution in [2.75, 3.05) is 45.2 Å². The van der Waals surface area contributed by atoms with Crippen molar-refractivity contribution in [3.05, 3.63) is 17.5 Å². The zero-order chi connectivity index (χ0) is 15.9. The molecule has 0 aromatic carbocycles. The summed E-state index contributed by atoms with van der Waals surface area (Å²) in [6.45, 7) is 5.50. The molecule has 2 heterocycles. The summed E-state index contributed by atoms with van der Waals surface area (Å²) in [5, 5.41) is 2.94. The summed E-state index contributed by atoms with van der Waals surface area (Å²) in [5.74, 6) is 0.584. The van der Waals surface area contributed by atoms with Crippen LogP contribution in [0.15, 0.2) is 6.07 Å². The van der Waals surface area contributed by atoms with E-state index in [9.17, 15) is 4.79 Å². The predicted molar refractivity (Wildman–Crippen MR) is 88.3 cm³/mol. The molecule has 1 amide bonds. The minimum atomic E-state index is -0.109. The Morgan fingerprint density at radius 3 is 2.68 bits per heavy atom. The van der Waals surface area contributed by atoms with Gasteiger partial charge in [-0.25, -0.2) is 9.97 Å². The number of aryl methyl sites for hydroxylation is 1. The summed E-state index contributed by atoms with van der Waals surface area (Å²) >= 11 is 0. The molecule has 6 heteroatoms. The lowest BCUT2D eigenvalue weighted by Gasteiger charge is -2.27. The number of anilines is 1. The summed E-state index contributed by atoms with van der Waals surface area (Å²) in [4.78, 5) is 25.5. The second kappa shape index (κ2) is 8.08. The lowest BCUT2D eigenvalue weighted by atomic mass is 10.1. The van der Waals surface area contributed by atoms with Crippen LogP contribution in [0.3, 0.4) is 0 Å². The lowest BCUT2D eigenvalue weighted by Crippen LogP contribution is -2.33. The van der Waals surface area contributed by atoms with E-state index in [1.807, 2.05) is 21.0 Å². The van der Waals surface area contributed by atoms with E-state index in [0.717, 1.165) is 31.7 Å². The second-order valence-electron chi connectivity index (χ2n) is 6.16. The smallest absolute Gasteiger partial charge is 0.270 e. The molecule has 1 aliphatic heterocycles. The van der Waals surface area contributed by atoms with Gasteiger partial charge in [0, 0.05) is 25.3 Å². The van der Waals surface area contributed by atoms with Crippen LogP contribution in [0.5, 0.6) is 0 Å². The number of hydrogen-bond donors (Lipinski definition) is 1. The molecule has 22 heavy (non-hydrogen) atoms. The Balaban J connectivity index is 1.97. The molecular weight excluding hydrogens is 278 g/mol. The fourth-order valence-electron chi connectivity index (χ4n) is 2.59. The third-order valence-electron chi connectivity index (χ3n) is 3.78. The molecule has 0 unspecified atom stereocenters. The summed E-state index contributed by atoms with van der Waals surface area (Å²) in [6, 6.07) is 1.76. The Morgan fingerprint density at radius 1 is 1.27 bits per heavy atom. The van der Waals surface area contributed by atoms with Crippen molar-refractivity contribution in [3.8, 4) is 0 Å².